The van der Waals surface area contributed by atoms with Crippen molar-refractivity contribution < 1.29 is 14.3 Å². The second-order valence-corrected chi connectivity index (χ2v) is 5.60. The lowest BCUT2D eigenvalue weighted by Crippen LogP contribution is -2.46. The Morgan fingerprint density at radius 3 is 2.43 bits per heavy atom. The van der Waals surface area contributed by atoms with Crippen LogP contribution in [-0.2, 0) is 9.59 Å². The molecule has 5 heteroatoms. The van der Waals surface area contributed by atoms with E-state index < -0.39 is 0 Å². The van der Waals surface area contributed by atoms with Crippen LogP contribution in [-0.4, -0.2) is 49.9 Å². The second kappa shape index (κ2) is 6.16. The molecule has 1 aromatic rings. The van der Waals surface area contributed by atoms with Crippen LogP contribution in [0.5, 0.6) is 5.75 Å². The van der Waals surface area contributed by atoms with Gasteiger partial charge in [-0.15, -0.1) is 0 Å². The summed E-state index contributed by atoms with van der Waals surface area (Å²) in [5.41, 5.74) is 0.964. The Kier molecular flexibility index (Phi) is 4.50. The zero-order valence-electron chi connectivity index (χ0n) is 13.0. The molecule has 2 atom stereocenters. The van der Waals surface area contributed by atoms with E-state index in [9.17, 15) is 9.59 Å². The predicted molar refractivity (Wildman–Crippen MR) is 79.9 cm³/mol. The standard InChI is InChI=1S/C16H22N2O3/c1-17(2)16(20)13-9-10-14(19)18(3)15(13)11-5-7-12(21-4)8-6-11/h5-8,13,15H,9-10H2,1-4H3/t13-,15-/m1/s1. The number of carbonyl (C=O) groups excluding carboxylic acids is 2. The van der Waals surface area contributed by atoms with Crippen molar-refractivity contribution in [1.29, 1.82) is 0 Å². The van der Waals surface area contributed by atoms with Gasteiger partial charge in [-0.05, 0) is 24.1 Å². The van der Waals surface area contributed by atoms with Crippen LogP contribution in [0.2, 0.25) is 0 Å². The van der Waals surface area contributed by atoms with Gasteiger partial charge in [0.1, 0.15) is 5.75 Å². The first-order valence-electron chi connectivity index (χ1n) is 7.06. The zero-order chi connectivity index (χ0) is 15.6. The van der Waals surface area contributed by atoms with Crippen LogP contribution in [0.3, 0.4) is 0 Å². The van der Waals surface area contributed by atoms with E-state index in [-0.39, 0.29) is 23.8 Å². The quantitative estimate of drug-likeness (QED) is 0.851. The Bertz CT molecular complexity index is 525. The molecule has 0 N–H and O–H groups in total. The fourth-order valence-corrected chi connectivity index (χ4v) is 2.89. The molecule has 1 aliphatic rings. The maximum atomic E-state index is 12.4. The molecule has 0 spiro atoms. The number of likely N-dealkylation sites (tertiary alicyclic amines) is 1. The number of hydrogen-bond donors (Lipinski definition) is 0. The number of rotatable bonds is 3. The highest BCUT2D eigenvalue weighted by Gasteiger charge is 2.39. The number of piperidine rings is 1. The number of hydrogen-bond acceptors (Lipinski definition) is 3. The van der Waals surface area contributed by atoms with Crippen LogP contribution in [0.1, 0.15) is 24.4 Å². The van der Waals surface area contributed by atoms with Crippen LogP contribution >= 0.6 is 0 Å². The van der Waals surface area contributed by atoms with Gasteiger partial charge in [-0.2, -0.15) is 0 Å². The van der Waals surface area contributed by atoms with Crippen LogP contribution < -0.4 is 4.74 Å². The average molecular weight is 290 g/mol. The Morgan fingerprint density at radius 2 is 1.90 bits per heavy atom. The molecule has 0 saturated carbocycles. The molecule has 1 aromatic carbocycles. The lowest BCUT2D eigenvalue weighted by atomic mass is 9.83. The van der Waals surface area contributed by atoms with E-state index in [0.29, 0.717) is 12.8 Å². The highest BCUT2D eigenvalue weighted by atomic mass is 16.5. The van der Waals surface area contributed by atoms with E-state index in [2.05, 4.69) is 0 Å². The molecule has 0 aromatic heterocycles. The van der Waals surface area contributed by atoms with E-state index in [1.165, 1.54) is 0 Å². The van der Waals surface area contributed by atoms with Gasteiger partial charge in [-0.25, -0.2) is 0 Å². The van der Waals surface area contributed by atoms with Gasteiger partial charge in [0.15, 0.2) is 0 Å². The average Bonchev–Trinajstić information content (AvgIpc) is 2.49. The van der Waals surface area contributed by atoms with Gasteiger partial charge < -0.3 is 14.5 Å². The van der Waals surface area contributed by atoms with E-state index in [1.54, 1.807) is 38.1 Å². The lowest BCUT2D eigenvalue weighted by Gasteiger charge is -2.39. The first kappa shape index (κ1) is 15.4. The molecular weight excluding hydrogens is 268 g/mol. The molecule has 114 valence electrons. The van der Waals surface area contributed by atoms with Gasteiger partial charge in [0.05, 0.1) is 19.1 Å². The zero-order valence-corrected chi connectivity index (χ0v) is 13.0. The minimum atomic E-state index is -0.216. The molecule has 1 saturated heterocycles. The number of carbonyl (C=O) groups is 2. The first-order chi connectivity index (χ1) is 9.95. The van der Waals surface area contributed by atoms with Crippen molar-refractivity contribution in [2.45, 2.75) is 18.9 Å². The van der Waals surface area contributed by atoms with Crippen LogP contribution in [0.4, 0.5) is 0 Å². The maximum Gasteiger partial charge on any atom is 0.227 e. The first-order valence-corrected chi connectivity index (χ1v) is 7.06. The van der Waals surface area contributed by atoms with Gasteiger partial charge in [0.25, 0.3) is 0 Å². The van der Waals surface area contributed by atoms with Gasteiger partial charge in [-0.1, -0.05) is 12.1 Å². The molecule has 0 bridgehead atoms. The van der Waals surface area contributed by atoms with Gasteiger partial charge >= 0.3 is 0 Å². The number of ether oxygens (including phenoxy) is 1. The molecule has 1 aliphatic heterocycles. The normalized spacial score (nSPS) is 22.1. The fourth-order valence-electron chi connectivity index (χ4n) is 2.89. The van der Waals surface area contributed by atoms with Crippen LogP contribution in [0.15, 0.2) is 24.3 Å². The summed E-state index contributed by atoms with van der Waals surface area (Å²) in [5.74, 6) is 0.712. The number of methoxy groups -OCH3 is 1. The van der Waals surface area contributed by atoms with Crippen molar-refractivity contribution in [2.24, 2.45) is 5.92 Å². The molecule has 21 heavy (non-hydrogen) atoms. The fraction of sp³-hybridized carbons (Fsp3) is 0.500. The number of benzene rings is 1. The Balaban J connectivity index is 2.36. The smallest absolute Gasteiger partial charge is 0.227 e. The van der Waals surface area contributed by atoms with Crippen molar-refractivity contribution >= 4 is 11.8 Å². The Labute approximate surface area is 125 Å². The summed E-state index contributed by atoms with van der Waals surface area (Å²) >= 11 is 0. The third-order valence-corrected chi connectivity index (χ3v) is 4.08. The van der Waals surface area contributed by atoms with E-state index in [0.717, 1.165) is 11.3 Å². The molecular formula is C16H22N2O3. The number of nitrogens with zero attached hydrogens (tertiary/aromatic N) is 2. The highest BCUT2D eigenvalue weighted by Crippen LogP contribution is 2.37. The van der Waals surface area contributed by atoms with Crippen molar-refractivity contribution in [3.05, 3.63) is 29.8 Å². The molecule has 1 heterocycles. The summed E-state index contributed by atoms with van der Waals surface area (Å²) in [6, 6.07) is 7.36. The molecule has 2 rings (SSSR count). The summed E-state index contributed by atoms with van der Waals surface area (Å²) in [7, 11) is 6.89. The second-order valence-electron chi connectivity index (χ2n) is 5.60. The van der Waals surface area contributed by atoms with E-state index in [4.69, 9.17) is 4.74 Å². The largest absolute Gasteiger partial charge is 0.497 e. The van der Waals surface area contributed by atoms with E-state index >= 15 is 0 Å². The molecule has 2 amide bonds. The monoisotopic (exact) mass is 290 g/mol. The van der Waals surface area contributed by atoms with Crippen molar-refractivity contribution in [1.82, 2.24) is 9.80 Å². The topological polar surface area (TPSA) is 49.9 Å². The molecule has 0 aliphatic carbocycles. The Morgan fingerprint density at radius 1 is 1.29 bits per heavy atom. The molecule has 1 fully saturated rings. The van der Waals surface area contributed by atoms with Crippen LogP contribution in [0, 0.1) is 5.92 Å². The SMILES string of the molecule is COc1ccc([C@@H]2[C@H](C(=O)N(C)C)CCC(=O)N2C)cc1. The lowest BCUT2D eigenvalue weighted by molar-refractivity contribution is -0.145. The number of amides is 2. The maximum absolute atomic E-state index is 12.4. The highest BCUT2D eigenvalue weighted by molar-refractivity contribution is 5.84. The molecule has 0 unspecified atom stereocenters. The minimum Gasteiger partial charge on any atom is -0.497 e. The van der Waals surface area contributed by atoms with Gasteiger partial charge in [-0.3, -0.25) is 9.59 Å². The van der Waals surface area contributed by atoms with Crippen molar-refractivity contribution in [3.63, 3.8) is 0 Å². The summed E-state index contributed by atoms with van der Waals surface area (Å²) in [5, 5.41) is 0. The summed E-state index contributed by atoms with van der Waals surface area (Å²) < 4.78 is 5.16. The van der Waals surface area contributed by atoms with Gasteiger partial charge in [0.2, 0.25) is 11.8 Å². The predicted octanol–water partition coefficient (Wildman–Crippen LogP) is 1.69. The van der Waals surface area contributed by atoms with Gasteiger partial charge in [0, 0.05) is 27.6 Å². The van der Waals surface area contributed by atoms with Crippen molar-refractivity contribution in [2.75, 3.05) is 28.3 Å². The molecule has 0 radical (unpaired) electrons. The van der Waals surface area contributed by atoms with Crippen LogP contribution in [0.25, 0.3) is 0 Å². The minimum absolute atomic E-state index is 0.0650. The van der Waals surface area contributed by atoms with Crippen molar-refractivity contribution in [3.8, 4) is 5.75 Å². The third-order valence-electron chi connectivity index (χ3n) is 4.08. The summed E-state index contributed by atoms with van der Waals surface area (Å²) in [6.45, 7) is 0. The third kappa shape index (κ3) is 3.01. The van der Waals surface area contributed by atoms with E-state index in [1.807, 2.05) is 24.3 Å². The summed E-state index contributed by atoms with van der Waals surface area (Å²) in [4.78, 5) is 27.7. The molecule has 5 nitrogen and oxygen atoms in total. The Hall–Kier alpha value is -2.04. The summed E-state index contributed by atoms with van der Waals surface area (Å²) in [6.07, 6.45) is 1.02.